The number of hydrogen-bond donors (Lipinski definition) is 0. The van der Waals surface area contributed by atoms with Gasteiger partial charge in [-0.1, -0.05) is 42.5 Å². The number of hydrogen-bond acceptors (Lipinski definition) is 2. The smallest absolute Gasteiger partial charge is 0.0542 e. The van der Waals surface area contributed by atoms with Gasteiger partial charge < -0.3 is 4.90 Å². The first-order valence-corrected chi connectivity index (χ1v) is 8.87. The number of fused-ring (bicyclic) bond motifs is 1. The fraction of sp³-hybridized carbons (Fsp3) is 0.333. The topological polar surface area (TPSA) is 20.3 Å². The first-order valence-electron chi connectivity index (χ1n) is 7.55. The Bertz CT molecular complexity index is 585. The monoisotopic (exact) mass is 299 g/mol. The Morgan fingerprint density at radius 1 is 0.857 bits per heavy atom. The minimum absolute atomic E-state index is 0.723. The van der Waals surface area contributed by atoms with Gasteiger partial charge in [0, 0.05) is 30.3 Å². The van der Waals surface area contributed by atoms with Crippen LogP contribution < -0.4 is 0 Å². The Kier molecular flexibility index (Phi) is 4.84. The molecule has 1 aliphatic heterocycles. The van der Waals surface area contributed by atoms with Gasteiger partial charge in [-0.3, -0.25) is 4.21 Å². The zero-order valence-corrected chi connectivity index (χ0v) is 13.0. The minimum atomic E-state index is -0.883. The molecule has 1 aliphatic rings. The van der Waals surface area contributed by atoms with E-state index in [4.69, 9.17) is 0 Å². The second kappa shape index (κ2) is 7.01. The average molecular weight is 299 g/mol. The predicted octanol–water partition coefficient (Wildman–Crippen LogP) is 2.90. The normalized spacial score (nSPS) is 17.0. The summed E-state index contributed by atoms with van der Waals surface area (Å²) in [4.78, 5) is 3.39. The van der Waals surface area contributed by atoms with Gasteiger partial charge in [0.05, 0.1) is 10.8 Å². The first-order chi connectivity index (χ1) is 10.3. The minimum Gasteiger partial charge on any atom is -0.302 e. The number of nitrogens with zero attached hydrogens (tertiary/aromatic N) is 1. The lowest BCUT2D eigenvalue weighted by Crippen LogP contribution is -2.30. The van der Waals surface area contributed by atoms with Gasteiger partial charge in [0.1, 0.15) is 0 Å². The summed E-state index contributed by atoms with van der Waals surface area (Å²) in [6, 6.07) is 18.5. The summed E-state index contributed by atoms with van der Waals surface area (Å²) in [5.41, 5.74) is 2.95. The van der Waals surface area contributed by atoms with Gasteiger partial charge in [0.25, 0.3) is 0 Å². The van der Waals surface area contributed by atoms with Crippen molar-refractivity contribution >= 4 is 10.8 Å². The van der Waals surface area contributed by atoms with Gasteiger partial charge in [0.15, 0.2) is 0 Å². The van der Waals surface area contributed by atoms with E-state index in [1.54, 1.807) is 0 Å². The highest BCUT2D eigenvalue weighted by Gasteiger charge is 2.14. The summed E-state index contributed by atoms with van der Waals surface area (Å²) in [5.74, 6) is 0.723. The average Bonchev–Trinajstić information content (AvgIpc) is 2.76. The summed E-state index contributed by atoms with van der Waals surface area (Å²) in [7, 11) is -0.883. The summed E-state index contributed by atoms with van der Waals surface area (Å²) in [5, 5.41) is 0. The highest BCUT2D eigenvalue weighted by molar-refractivity contribution is 7.85. The molecule has 0 fully saturated rings. The van der Waals surface area contributed by atoms with E-state index in [0.717, 1.165) is 43.1 Å². The second-order valence-corrected chi connectivity index (χ2v) is 7.04. The quantitative estimate of drug-likeness (QED) is 0.865. The fourth-order valence-corrected chi connectivity index (χ4v) is 3.96. The van der Waals surface area contributed by atoms with Crippen LogP contribution in [-0.4, -0.2) is 34.5 Å². The molecule has 0 aromatic heterocycles. The van der Waals surface area contributed by atoms with Crippen LogP contribution in [0.25, 0.3) is 0 Å². The van der Waals surface area contributed by atoms with Crippen LogP contribution >= 0.6 is 0 Å². The molecule has 0 aliphatic carbocycles. The Morgan fingerprint density at radius 3 is 2.05 bits per heavy atom. The Balaban J connectivity index is 1.54. The molecule has 0 saturated heterocycles. The molecule has 21 heavy (non-hydrogen) atoms. The molecule has 110 valence electrons. The first kappa shape index (κ1) is 14.5. The summed E-state index contributed by atoms with van der Waals surface area (Å²) >= 11 is 0. The van der Waals surface area contributed by atoms with E-state index in [0.29, 0.717) is 0 Å². The molecule has 1 unspecified atom stereocenters. The van der Waals surface area contributed by atoms with Gasteiger partial charge >= 0.3 is 0 Å². The maximum Gasteiger partial charge on any atom is 0.0542 e. The van der Waals surface area contributed by atoms with E-state index in [1.165, 1.54) is 11.1 Å². The van der Waals surface area contributed by atoms with E-state index in [-0.39, 0.29) is 0 Å². The third kappa shape index (κ3) is 3.80. The van der Waals surface area contributed by atoms with Crippen LogP contribution in [0.2, 0.25) is 0 Å². The predicted molar refractivity (Wildman–Crippen MR) is 88.0 cm³/mol. The lowest BCUT2D eigenvalue weighted by atomic mass is 10.0. The maximum atomic E-state index is 12.3. The Hall–Kier alpha value is -1.45. The highest BCUT2D eigenvalue weighted by atomic mass is 32.2. The summed E-state index contributed by atoms with van der Waals surface area (Å²) < 4.78 is 12.3. The number of rotatable bonds is 4. The van der Waals surface area contributed by atoms with Crippen LogP contribution in [0, 0.1) is 0 Å². The SMILES string of the molecule is O=S(CCN1CCc2ccccc2CC1)c1ccccc1. The molecule has 0 N–H and O–H groups in total. The van der Waals surface area contributed by atoms with E-state index in [9.17, 15) is 4.21 Å². The Labute approximate surface area is 129 Å². The zero-order chi connectivity index (χ0) is 14.5. The molecule has 2 aromatic carbocycles. The standard InChI is InChI=1S/C18H21NOS/c20-21(18-8-2-1-3-9-18)15-14-19-12-10-16-6-4-5-7-17(16)11-13-19/h1-9H,10-15H2. The van der Waals surface area contributed by atoms with Crippen LogP contribution in [0.1, 0.15) is 11.1 Å². The van der Waals surface area contributed by atoms with Gasteiger partial charge in [-0.15, -0.1) is 0 Å². The second-order valence-electron chi connectivity index (χ2n) is 5.47. The lowest BCUT2D eigenvalue weighted by Gasteiger charge is -2.19. The summed E-state index contributed by atoms with van der Waals surface area (Å²) in [6.07, 6.45) is 2.21. The molecule has 0 bridgehead atoms. The van der Waals surface area contributed by atoms with Gasteiger partial charge in [0.2, 0.25) is 0 Å². The number of benzene rings is 2. The molecule has 2 aromatic rings. The maximum absolute atomic E-state index is 12.3. The van der Waals surface area contributed by atoms with Gasteiger partial charge in [-0.2, -0.15) is 0 Å². The van der Waals surface area contributed by atoms with E-state index < -0.39 is 10.8 Å². The highest BCUT2D eigenvalue weighted by Crippen LogP contribution is 2.15. The Morgan fingerprint density at radius 2 is 1.43 bits per heavy atom. The van der Waals surface area contributed by atoms with Crippen molar-refractivity contribution in [2.75, 3.05) is 25.4 Å². The molecule has 0 saturated carbocycles. The third-order valence-corrected chi connectivity index (χ3v) is 5.46. The van der Waals surface area contributed by atoms with Crippen LogP contribution in [0.3, 0.4) is 0 Å². The molecule has 1 heterocycles. The van der Waals surface area contributed by atoms with Crippen molar-refractivity contribution in [1.29, 1.82) is 0 Å². The molecule has 3 rings (SSSR count). The third-order valence-electron chi connectivity index (χ3n) is 4.11. The van der Waals surface area contributed by atoms with Crippen LogP contribution in [0.5, 0.6) is 0 Å². The molecule has 1 atom stereocenters. The molecule has 2 nitrogen and oxygen atoms in total. The van der Waals surface area contributed by atoms with Crippen molar-refractivity contribution in [2.24, 2.45) is 0 Å². The fourth-order valence-electron chi connectivity index (χ4n) is 2.84. The summed E-state index contributed by atoms with van der Waals surface area (Å²) in [6.45, 7) is 3.06. The molecule has 0 spiro atoms. The molecule has 3 heteroatoms. The van der Waals surface area contributed by atoms with Crippen molar-refractivity contribution in [2.45, 2.75) is 17.7 Å². The van der Waals surface area contributed by atoms with E-state index in [1.807, 2.05) is 30.3 Å². The van der Waals surface area contributed by atoms with Crippen LogP contribution in [-0.2, 0) is 23.6 Å². The van der Waals surface area contributed by atoms with E-state index in [2.05, 4.69) is 29.2 Å². The van der Waals surface area contributed by atoms with E-state index >= 15 is 0 Å². The molecule has 0 amide bonds. The molecular weight excluding hydrogens is 278 g/mol. The van der Waals surface area contributed by atoms with Crippen molar-refractivity contribution in [1.82, 2.24) is 4.90 Å². The molecule has 0 radical (unpaired) electrons. The van der Waals surface area contributed by atoms with Gasteiger partial charge in [-0.05, 0) is 36.1 Å². The van der Waals surface area contributed by atoms with Crippen LogP contribution in [0.15, 0.2) is 59.5 Å². The van der Waals surface area contributed by atoms with Crippen LogP contribution in [0.4, 0.5) is 0 Å². The van der Waals surface area contributed by atoms with Crippen molar-refractivity contribution in [3.63, 3.8) is 0 Å². The van der Waals surface area contributed by atoms with Crippen molar-refractivity contribution in [3.05, 3.63) is 65.7 Å². The molecular formula is C18H21NOS. The van der Waals surface area contributed by atoms with Crippen molar-refractivity contribution in [3.8, 4) is 0 Å². The lowest BCUT2D eigenvalue weighted by molar-refractivity contribution is 0.305. The van der Waals surface area contributed by atoms with Gasteiger partial charge in [-0.25, -0.2) is 0 Å². The zero-order valence-electron chi connectivity index (χ0n) is 12.2. The van der Waals surface area contributed by atoms with Crippen molar-refractivity contribution < 1.29 is 4.21 Å². The largest absolute Gasteiger partial charge is 0.302 e.